The van der Waals surface area contributed by atoms with E-state index in [2.05, 4.69) is 32.1 Å². The number of nitrogens with one attached hydrogen (secondary N) is 2. The number of halogens is 1. The van der Waals surface area contributed by atoms with E-state index in [-0.39, 0.29) is 0 Å². The SMILES string of the molecule is C[C@@H]1CN(c2cc(-c3nc4ccccc4[nH]3)c(Cl)cn2)CCN1. The molecule has 3 aromatic rings. The van der Waals surface area contributed by atoms with Gasteiger partial charge in [-0.25, -0.2) is 9.97 Å². The number of rotatable bonds is 2. The number of aromatic amines is 1. The highest BCUT2D eigenvalue weighted by molar-refractivity contribution is 6.33. The zero-order valence-electron chi connectivity index (χ0n) is 12.9. The molecule has 2 N–H and O–H groups in total. The predicted molar refractivity (Wildman–Crippen MR) is 94.0 cm³/mol. The number of H-pyrrole nitrogens is 1. The van der Waals surface area contributed by atoms with Gasteiger partial charge >= 0.3 is 0 Å². The van der Waals surface area contributed by atoms with E-state index >= 15 is 0 Å². The molecule has 0 unspecified atom stereocenters. The number of para-hydroxylation sites is 2. The van der Waals surface area contributed by atoms with E-state index < -0.39 is 0 Å². The summed E-state index contributed by atoms with van der Waals surface area (Å²) in [6, 6.07) is 10.5. The van der Waals surface area contributed by atoms with Gasteiger partial charge in [-0.2, -0.15) is 0 Å². The molecule has 23 heavy (non-hydrogen) atoms. The molecule has 1 fully saturated rings. The van der Waals surface area contributed by atoms with Crippen LogP contribution in [0.15, 0.2) is 36.5 Å². The Bertz CT molecular complexity index is 811. The lowest BCUT2D eigenvalue weighted by Gasteiger charge is -2.32. The Morgan fingerprint density at radius 3 is 3.00 bits per heavy atom. The third-order valence-corrected chi connectivity index (χ3v) is 4.48. The largest absolute Gasteiger partial charge is 0.354 e. The smallest absolute Gasteiger partial charge is 0.140 e. The summed E-state index contributed by atoms with van der Waals surface area (Å²) in [6.45, 7) is 5.03. The van der Waals surface area contributed by atoms with Crippen molar-refractivity contribution in [2.24, 2.45) is 0 Å². The lowest BCUT2D eigenvalue weighted by molar-refractivity contribution is 0.482. The Labute approximate surface area is 139 Å². The van der Waals surface area contributed by atoms with Gasteiger partial charge in [0.05, 0.1) is 16.1 Å². The Morgan fingerprint density at radius 2 is 2.17 bits per heavy atom. The quantitative estimate of drug-likeness (QED) is 0.759. The standard InChI is InChI=1S/C17H18ClN5/c1-11-10-23(7-6-19-11)16-8-12(13(18)9-20-16)17-21-14-4-2-3-5-15(14)22-17/h2-5,8-9,11,19H,6-7,10H2,1H3,(H,21,22)/t11-/m1/s1. The van der Waals surface area contributed by atoms with Crippen molar-refractivity contribution < 1.29 is 0 Å². The number of benzene rings is 1. The van der Waals surface area contributed by atoms with Crippen molar-refractivity contribution in [1.29, 1.82) is 0 Å². The minimum Gasteiger partial charge on any atom is -0.354 e. The summed E-state index contributed by atoms with van der Waals surface area (Å²) in [4.78, 5) is 14.8. The van der Waals surface area contributed by atoms with E-state index in [1.807, 2.05) is 30.3 Å². The van der Waals surface area contributed by atoms with E-state index in [4.69, 9.17) is 11.6 Å². The maximum atomic E-state index is 6.37. The van der Waals surface area contributed by atoms with Crippen LogP contribution in [0, 0.1) is 0 Å². The topological polar surface area (TPSA) is 56.8 Å². The maximum absolute atomic E-state index is 6.37. The zero-order valence-corrected chi connectivity index (χ0v) is 13.6. The van der Waals surface area contributed by atoms with Gasteiger partial charge in [0.1, 0.15) is 11.6 Å². The van der Waals surface area contributed by atoms with Crippen molar-refractivity contribution in [2.45, 2.75) is 13.0 Å². The molecular formula is C17H18ClN5. The van der Waals surface area contributed by atoms with Crippen molar-refractivity contribution in [3.63, 3.8) is 0 Å². The first kappa shape index (κ1) is 14.5. The molecule has 4 rings (SSSR count). The molecule has 1 aliphatic rings. The molecule has 1 atom stereocenters. The van der Waals surface area contributed by atoms with Gasteiger partial charge in [-0.15, -0.1) is 0 Å². The molecule has 0 bridgehead atoms. The van der Waals surface area contributed by atoms with Gasteiger partial charge in [0.25, 0.3) is 0 Å². The molecule has 0 saturated carbocycles. The number of anilines is 1. The monoisotopic (exact) mass is 327 g/mol. The zero-order chi connectivity index (χ0) is 15.8. The fourth-order valence-electron chi connectivity index (χ4n) is 3.00. The first-order valence-electron chi connectivity index (χ1n) is 7.80. The summed E-state index contributed by atoms with van der Waals surface area (Å²) in [5, 5.41) is 4.05. The molecule has 1 aromatic carbocycles. The molecule has 5 nitrogen and oxygen atoms in total. The number of hydrogen-bond acceptors (Lipinski definition) is 4. The summed E-state index contributed by atoms with van der Waals surface area (Å²) in [7, 11) is 0. The van der Waals surface area contributed by atoms with Crippen LogP contribution in [0.3, 0.4) is 0 Å². The number of fused-ring (bicyclic) bond motifs is 1. The number of nitrogens with zero attached hydrogens (tertiary/aromatic N) is 3. The van der Waals surface area contributed by atoms with Gasteiger partial charge in [-0.1, -0.05) is 23.7 Å². The Hall–Kier alpha value is -2.11. The summed E-state index contributed by atoms with van der Waals surface area (Å²) in [6.07, 6.45) is 1.71. The predicted octanol–water partition coefficient (Wildman–Crippen LogP) is 3.08. The van der Waals surface area contributed by atoms with Crippen LogP contribution in [0.2, 0.25) is 5.02 Å². The number of piperazine rings is 1. The maximum Gasteiger partial charge on any atom is 0.140 e. The average Bonchev–Trinajstić information content (AvgIpc) is 2.99. The first-order chi connectivity index (χ1) is 11.2. The van der Waals surface area contributed by atoms with Crippen LogP contribution in [0.4, 0.5) is 5.82 Å². The van der Waals surface area contributed by atoms with E-state index in [9.17, 15) is 0 Å². The van der Waals surface area contributed by atoms with E-state index in [0.29, 0.717) is 11.1 Å². The van der Waals surface area contributed by atoms with Gasteiger partial charge in [-0.05, 0) is 25.1 Å². The molecule has 6 heteroatoms. The Balaban J connectivity index is 1.74. The van der Waals surface area contributed by atoms with Gasteiger partial charge in [0, 0.05) is 37.4 Å². The van der Waals surface area contributed by atoms with Crippen LogP contribution >= 0.6 is 11.6 Å². The molecule has 1 saturated heterocycles. The minimum atomic E-state index is 0.455. The molecule has 0 amide bonds. The van der Waals surface area contributed by atoms with Crippen LogP contribution < -0.4 is 10.2 Å². The van der Waals surface area contributed by atoms with Crippen molar-refractivity contribution in [1.82, 2.24) is 20.3 Å². The van der Waals surface area contributed by atoms with E-state index in [0.717, 1.165) is 47.9 Å². The van der Waals surface area contributed by atoms with Crippen LogP contribution in [-0.4, -0.2) is 40.6 Å². The number of aromatic nitrogens is 3. The van der Waals surface area contributed by atoms with Crippen molar-refractivity contribution >= 4 is 28.5 Å². The second-order valence-electron chi connectivity index (χ2n) is 5.93. The molecule has 1 aliphatic heterocycles. The fraction of sp³-hybridized carbons (Fsp3) is 0.294. The highest BCUT2D eigenvalue weighted by Gasteiger charge is 2.19. The van der Waals surface area contributed by atoms with Crippen LogP contribution in [0.25, 0.3) is 22.4 Å². The molecule has 3 heterocycles. The lowest BCUT2D eigenvalue weighted by Crippen LogP contribution is -2.49. The number of imidazole rings is 1. The third kappa shape index (κ3) is 2.78. The molecular weight excluding hydrogens is 310 g/mol. The normalized spacial score (nSPS) is 18.5. The van der Waals surface area contributed by atoms with Gasteiger partial charge in [-0.3, -0.25) is 0 Å². The molecule has 0 spiro atoms. The number of pyridine rings is 1. The third-order valence-electron chi connectivity index (χ3n) is 4.18. The molecule has 0 radical (unpaired) electrons. The first-order valence-corrected chi connectivity index (χ1v) is 8.17. The highest BCUT2D eigenvalue weighted by atomic mass is 35.5. The van der Waals surface area contributed by atoms with E-state index in [1.165, 1.54) is 0 Å². The van der Waals surface area contributed by atoms with Crippen molar-refractivity contribution in [3.8, 4) is 11.4 Å². The second kappa shape index (κ2) is 5.83. The van der Waals surface area contributed by atoms with Crippen LogP contribution in [0.1, 0.15) is 6.92 Å². The summed E-state index contributed by atoms with van der Waals surface area (Å²) < 4.78 is 0. The summed E-state index contributed by atoms with van der Waals surface area (Å²) in [5.41, 5.74) is 2.83. The minimum absolute atomic E-state index is 0.455. The summed E-state index contributed by atoms with van der Waals surface area (Å²) >= 11 is 6.37. The molecule has 0 aliphatic carbocycles. The number of hydrogen-bond donors (Lipinski definition) is 2. The lowest BCUT2D eigenvalue weighted by atomic mass is 10.2. The Morgan fingerprint density at radius 1 is 1.30 bits per heavy atom. The van der Waals surface area contributed by atoms with Crippen molar-refractivity contribution in [3.05, 3.63) is 41.6 Å². The van der Waals surface area contributed by atoms with E-state index in [1.54, 1.807) is 6.20 Å². The van der Waals surface area contributed by atoms with Gasteiger partial charge in [0.2, 0.25) is 0 Å². The van der Waals surface area contributed by atoms with Crippen molar-refractivity contribution in [2.75, 3.05) is 24.5 Å². The Kier molecular flexibility index (Phi) is 3.67. The van der Waals surface area contributed by atoms with Gasteiger partial charge in [0.15, 0.2) is 0 Å². The summed E-state index contributed by atoms with van der Waals surface area (Å²) in [5.74, 6) is 1.72. The average molecular weight is 328 g/mol. The van der Waals surface area contributed by atoms with Crippen LogP contribution in [-0.2, 0) is 0 Å². The molecule has 118 valence electrons. The highest BCUT2D eigenvalue weighted by Crippen LogP contribution is 2.30. The fourth-order valence-corrected chi connectivity index (χ4v) is 3.20. The van der Waals surface area contributed by atoms with Gasteiger partial charge < -0.3 is 15.2 Å². The second-order valence-corrected chi connectivity index (χ2v) is 6.33. The molecule has 2 aromatic heterocycles. The van der Waals surface area contributed by atoms with Crippen LogP contribution in [0.5, 0.6) is 0 Å².